The number of primary amides is 1. The first kappa shape index (κ1) is 20.1. The molecule has 3 N–H and O–H groups in total. The lowest BCUT2D eigenvalue weighted by molar-refractivity contribution is 0.0786. The quantitative estimate of drug-likeness (QED) is 0.729. The Kier molecular flexibility index (Phi) is 6.80. The number of rotatable bonds is 5. The molecule has 0 bridgehead atoms. The van der Waals surface area contributed by atoms with Crippen molar-refractivity contribution >= 4 is 33.9 Å². The van der Waals surface area contributed by atoms with Gasteiger partial charge in [0.2, 0.25) is 0 Å². The lowest BCUT2D eigenvalue weighted by Crippen LogP contribution is -2.48. The molecule has 28 heavy (non-hydrogen) atoms. The maximum absolute atomic E-state index is 13.0. The fourth-order valence-electron chi connectivity index (χ4n) is 3.34. The number of nitrogens with two attached hydrogens (primary N) is 1. The molecule has 1 aromatic carbocycles. The van der Waals surface area contributed by atoms with E-state index in [4.69, 9.17) is 10.5 Å². The van der Waals surface area contributed by atoms with Gasteiger partial charge in [0.15, 0.2) is 5.82 Å². The average molecular weight is 448 g/mol. The number of hydrogen-bond donors (Lipinski definition) is 2. The second-order valence-electron chi connectivity index (χ2n) is 6.60. The minimum atomic E-state index is -0.764. The maximum atomic E-state index is 13.0. The molecule has 0 radical (unpaired) electrons. The zero-order chi connectivity index (χ0) is 19.9. The number of ether oxygens (including phenoxy) is 1. The van der Waals surface area contributed by atoms with Gasteiger partial charge in [-0.05, 0) is 59.3 Å². The third-order valence-corrected chi connectivity index (χ3v) is 5.08. The van der Waals surface area contributed by atoms with Crippen LogP contribution in [0.4, 0.5) is 15.4 Å². The predicted molar refractivity (Wildman–Crippen MR) is 108 cm³/mol. The zero-order valence-corrected chi connectivity index (χ0v) is 16.8. The number of urea groups is 1. The van der Waals surface area contributed by atoms with Crippen molar-refractivity contribution < 1.29 is 14.3 Å². The summed E-state index contributed by atoms with van der Waals surface area (Å²) in [7, 11) is 0. The Morgan fingerprint density at radius 1 is 1.11 bits per heavy atom. The van der Waals surface area contributed by atoms with Crippen molar-refractivity contribution in [3.8, 4) is 0 Å². The highest BCUT2D eigenvalue weighted by Gasteiger charge is 2.32. The van der Waals surface area contributed by atoms with Crippen molar-refractivity contribution in [1.29, 1.82) is 0 Å². The number of nitrogens with zero attached hydrogens (tertiary/aromatic N) is 3. The largest absolute Gasteiger partial charge is 0.446 e. The summed E-state index contributed by atoms with van der Waals surface area (Å²) in [5, 5.41) is 11.1. The molecule has 9 heteroatoms. The van der Waals surface area contributed by atoms with E-state index in [-0.39, 0.29) is 18.2 Å². The molecule has 3 rings (SSSR count). The van der Waals surface area contributed by atoms with Gasteiger partial charge in [-0.3, -0.25) is 4.90 Å². The Hall–Kier alpha value is -2.68. The summed E-state index contributed by atoms with van der Waals surface area (Å²) in [5.74, 6) is 0.480. The second kappa shape index (κ2) is 9.50. The van der Waals surface area contributed by atoms with Gasteiger partial charge in [-0.2, -0.15) is 0 Å². The Morgan fingerprint density at radius 3 is 2.43 bits per heavy atom. The van der Waals surface area contributed by atoms with Crippen LogP contribution in [0.25, 0.3) is 0 Å². The molecular weight excluding hydrogens is 426 g/mol. The van der Waals surface area contributed by atoms with Crippen molar-refractivity contribution in [3.63, 3.8) is 0 Å². The van der Waals surface area contributed by atoms with Crippen LogP contribution in [0.3, 0.4) is 0 Å². The third-order valence-electron chi connectivity index (χ3n) is 4.66. The van der Waals surface area contributed by atoms with E-state index < -0.39 is 6.09 Å². The molecule has 1 aliphatic carbocycles. The second-order valence-corrected chi connectivity index (χ2v) is 7.41. The number of hydrogen-bond acceptors (Lipinski definition) is 5. The molecule has 0 spiro atoms. The van der Waals surface area contributed by atoms with Crippen LogP contribution in [0.1, 0.15) is 31.2 Å². The zero-order valence-electron chi connectivity index (χ0n) is 15.3. The average Bonchev–Trinajstić information content (AvgIpc) is 2.70. The lowest BCUT2D eigenvalue weighted by Gasteiger charge is -2.35. The van der Waals surface area contributed by atoms with Gasteiger partial charge in [-0.15, -0.1) is 10.2 Å². The van der Waals surface area contributed by atoms with E-state index in [1.54, 1.807) is 17.0 Å². The molecule has 0 aliphatic heterocycles. The molecular formula is C19H22BrN5O3. The van der Waals surface area contributed by atoms with E-state index in [1.165, 1.54) is 0 Å². The summed E-state index contributed by atoms with van der Waals surface area (Å²) in [5.41, 5.74) is 6.12. The minimum absolute atomic E-state index is 0.0704. The molecule has 8 nitrogen and oxygen atoms in total. The van der Waals surface area contributed by atoms with Crippen molar-refractivity contribution in [1.82, 2.24) is 15.5 Å². The minimum Gasteiger partial charge on any atom is -0.446 e. The lowest BCUT2D eigenvalue weighted by atomic mass is 9.92. The normalized spacial score (nSPS) is 18.9. The van der Waals surface area contributed by atoms with Crippen LogP contribution in [0.15, 0.2) is 47.1 Å². The predicted octanol–water partition coefficient (Wildman–Crippen LogP) is 3.36. The number of carbonyl (C=O) groups is 2. The Balaban J connectivity index is 1.71. The summed E-state index contributed by atoms with van der Waals surface area (Å²) >= 11 is 3.27. The molecule has 1 fully saturated rings. The Labute approximate surface area is 171 Å². The highest BCUT2D eigenvalue weighted by Crippen LogP contribution is 2.28. The number of amides is 3. The molecule has 2 aromatic rings. The van der Waals surface area contributed by atoms with Crippen molar-refractivity contribution in [2.24, 2.45) is 5.73 Å². The van der Waals surface area contributed by atoms with E-state index in [1.807, 2.05) is 30.3 Å². The smallest absolute Gasteiger partial charge is 0.404 e. The van der Waals surface area contributed by atoms with Crippen LogP contribution in [0.5, 0.6) is 0 Å². The van der Waals surface area contributed by atoms with Gasteiger partial charge in [0.05, 0.1) is 0 Å². The molecule has 0 saturated heterocycles. The van der Waals surface area contributed by atoms with Gasteiger partial charge in [-0.1, -0.05) is 30.3 Å². The highest BCUT2D eigenvalue weighted by atomic mass is 79.9. The topological polar surface area (TPSA) is 110 Å². The summed E-state index contributed by atoms with van der Waals surface area (Å²) in [6.07, 6.45) is 1.65. The number of nitrogens with one attached hydrogen (secondary N) is 1. The van der Waals surface area contributed by atoms with E-state index >= 15 is 0 Å². The number of anilines is 1. The fraction of sp³-hybridized carbons (Fsp3) is 0.368. The molecule has 0 unspecified atom stereocenters. The summed E-state index contributed by atoms with van der Waals surface area (Å²) in [6, 6.07) is 12.9. The SMILES string of the molecule is NC(=O)OC1CCC(N(C(=O)NCc2ccccc2)c2ccc(Br)nn2)CC1. The third kappa shape index (κ3) is 5.41. The van der Waals surface area contributed by atoms with Crippen LogP contribution >= 0.6 is 15.9 Å². The number of aromatic nitrogens is 2. The number of carbonyl (C=O) groups excluding carboxylic acids is 2. The van der Waals surface area contributed by atoms with Crippen molar-refractivity contribution in [2.45, 2.75) is 44.4 Å². The molecule has 3 amide bonds. The van der Waals surface area contributed by atoms with Gasteiger partial charge < -0.3 is 15.8 Å². The fourth-order valence-corrected chi connectivity index (χ4v) is 3.55. The van der Waals surface area contributed by atoms with Gasteiger partial charge >= 0.3 is 12.1 Å². The van der Waals surface area contributed by atoms with Gasteiger partial charge in [0.1, 0.15) is 10.7 Å². The summed E-state index contributed by atoms with van der Waals surface area (Å²) < 4.78 is 5.69. The van der Waals surface area contributed by atoms with E-state index in [2.05, 4.69) is 31.4 Å². The first-order valence-corrected chi connectivity index (χ1v) is 9.88. The number of benzene rings is 1. The molecule has 0 atom stereocenters. The first-order valence-electron chi connectivity index (χ1n) is 9.09. The van der Waals surface area contributed by atoms with E-state index in [0.717, 1.165) is 5.56 Å². The van der Waals surface area contributed by atoms with Crippen molar-refractivity contribution in [3.05, 3.63) is 52.6 Å². The van der Waals surface area contributed by atoms with Crippen LogP contribution in [-0.4, -0.2) is 34.5 Å². The molecule has 1 aromatic heterocycles. The van der Waals surface area contributed by atoms with Crippen LogP contribution in [-0.2, 0) is 11.3 Å². The van der Waals surface area contributed by atoms with Crippen LogP contribution in [0, 0.1) is 0 Å². The van der Waals surface area contributed by atoms with E-state index in [9.17, 15) is 9.59 Å². The standard InChI is InChI=1S/C19H22BrN5O3/c20-16-10-11-17(24-23-16)25(14-6-8-15(9-7-14)28-18(21)26)19(27)22-12-13-4-2-1-3-5-13/h1-5,10-11,14-15H,6-9,12H2,(H2,21,26)(H,22,27). The van der Waals surface area contributed by atoms with Gasteiger partial charge in [0, 0.05) is 12.6 Å². The van der Waals surface area contributed by atoms with Crippen LogP contribution in [0.2, 0.25) is 0 Å². The first-order chi connectivity index (χ1) is 13.5. The van der Waals surface area contributed by atoms with E-state index in [0.29, 0.717) is 42.6 Å². The highest BCUT2D eigenvalue weighted by molar-refractivity contribution is 9.10. The van der Waals surface area contributed by atoms with Crippen molar-refractivity contribution in [2.75, 3.05) is 4.90 Å². The summed E-state index contributed by atoms with van der Waals surface area (Å²) in [6.45, 7) is 0.417. The molecule has 1 aliphatic rings. The monoisotopic (exact) mass is 447 g/mol. The molecule has 148 valence electrons. The van der Waals surface area contributed by atoms with Gasteiger partial charge in [-0.25, -0.2) is 9.59 Å². The Morgan fingerprint density at radius 2 is 1.82 bits per heavy atom. The molecule has 1 saturated carbocycles. The molecule has 1 heterocycles. The van der Waals surface area contributed by atoms with Crippen LogP contribution < -0.4 is 16.0 Å². The summed E-state index contributed by atoms with van der Waals surface area (Å²) in [4.78, 5) is 25.6. The maximum Gasteiger partial charge on any atom is 0.404 e. The Bertz CT molecular complexity index is 795. The number of halogens is 1. The van der Waals surface area contributed by atoms with Gasteiger partial charge in [0.25, 0.3) is 0 Å².